The van der Waals surface area contributed by atoms with Crippen molar-refractivity contribution >= 4 is 21.6 Å². The van der Waals surface area contributed by atoms with Crippen LogP contribution in [0.1, 0.15) is 0 Å². The molecule has 0 bridgehead atoms. The van der Waals surface area contributed by atoms with Gasteiger partial charge in [0.05, 0.1) is 4.92 Å². The fraction of sp³-hybridized carbons (Fsp3) is 0. The highest BCUT2D eigenvalue weighted by molar-refractivity contribution is 9.10. The zero-order valence-electron chi connectivity index (χ0n) is 8.84. The number of pyridine rings is 1. The number of para-hydroxylation sites is 1. The minimum Gasteiger partial charge on any atom is -0.429 e. The van der Waals surface area contributed by atoms with Gasteiger partial charge >= 0.3 is 5.69 Å². The van der Waals surface area contributed by atoms with Gasteiger partial charge in [0.1, 0.15) is 0 Å². The Kier molecular flexibility index (Phi) is 3.52. The molecule has 0 spiro atoms. The predicted octanol–water partition coefficient (Wildman–Crippen LogP) is 3.68. The Bertz CT molecular complexity index is 589. The number of hydrogen-bond donors (Lipinski definition) is 0. The molecule has 0 fully saturated rings. The fourth-order valence-electron chi connectivity index (χ4n) is 1.27. The van der Waals surface area contributed by atoms with Gasteiger partial charge < -0.3 is 4.74 Å². The maximum absolute atomic E-state index is 13.5. The van der Waals surface area contributed by atoms with E-state index in [-0.39, 0.29) is 5.88 Å². The topological polar surface area (TPSA) is 65.3 Å². The molecule has 0 atom stereocenters. The van der Waals surface area contributed by atoms with Crippen LogP contribution in [0, 0.1) is 15.9 Å². The van der Waals surface area contributed by atoms with Crippen molar-refractivity contribution in [3.05, 3.63) is 56.9 Å². The van der Waals surface area contributed by atoms with E-state index >= 15 is 0 Å². The molecular weight excluding hydrogens is 307 g/mol. The number of nitrogens with zero attached hydrogens (tertiary/aromatic N) is 2. The highest BCUT2D eigenvalue weighted by Gasteiger charge is 2.20. The van der Waals surface area contributed by atoms with Gasteiger partial charge in [-0.3, -0.25) is 10.1 Å². The molecule has 2 rings (SSSR count). The second kappa shape index (κ2) is 5.09. The van der Waals surface area contributed by atoms with Crippen molar-refractivity contribution in [2.24, 2.45) is 0 Å². The molecule has 0 aliphatic rings. The van der Waals surface area contributed by atoms with Crippen molar-refractivity contribution in [3.8, 4) is 11.6 Å². The van der Waals surface area contributed by atoms with Gasteiger partial charge in [-0.1, -0.05) is 6.07 Å². The first-order valence-corrected chi connectivity index (χ1v) is 5.59. The van der Waals surface area contributed by atoms with Crippen molar-refractivity contribution in [2.75, 3.05) is 0 Å². The first-order valence-electron chi connectivity index (χ1n) is 4.80. The van der Waals surface area contributed by atoms with E-state index in [9.17, 15) is 14.5 Å². The number of ether oxygens (including phenoxy) is 1. The van der Waals surface area contributed by atoms with E-state index in [0.717, 1.165) is 16.6 Å². The SMILES string of the molecule is O=[N+]([O-])c1cccc(F)c1Oc1ccc(Br)cn1. The third-order valence-corrected chi connectivity index (χ3v) is 2.52. The number of nitro groups is 1. The summed E-state index contributed by atoms with van der Waals surface area (Å²) in [5, 5.41) is 10.7. The lowest BCUT2D eigenvalue weighted by Gasteiger charge is -2.05. The summed E-state index contributed by atoms with van der Waals surface area (Å²) in [4.78, 5) is 13.9. The van der Waals surface area contributed by atoms with Crippen LogP contribution in [-0.2, 0) is 0 Å². The largest absolute Gasteiger partial charge is 0.429 e. The van der Waals surface area contributed by atoms with Gasteiger partial charge in [0.15, 0.2) is 5.82 Å². The number of hydrogen-bond acceptors (Lipinski definition) is 4. The number of benzene rings is 1. The lowest BCUT2D eigenvalue weighted by Crippen LogP contribution is -1.97. The average Bonchev–Trinajstić information content (AvgIpc) is 2.34. The Morgan fingerprint density at radius 2 is 2.11 bits per heavy atom. The van der Waals surface area contributed by atoms with Crippen molar-refractivity contribution in [1.82, 2.24) is 4.98 Å². The monoisotopic (exact) mass is 312 g/mol. The molecule has 0 amide bonds. The second-order valence-corrected chi connectivity index (χ2v) is 4.18. The molecule has 0 aliphatic carbocycles. The zero-order chi connectivity index (χ0) is 13.1. The summed E-state index contributed by atoms with van der Waals surface area (Å²) in [6, 6.07) is 6.60. The van der Waals surface area contributed by atoms with E-state index in [1.54, 1.807) is 6.07 Å². The molecule has 1 heterocycles. The van der Waals surface area contributed by atoms with Crippen molar-refractivity contribution in [2.45, 2.75) is 0 Å². The van der Waals surface area contributed by atoms with Crippen LogP contribution < -0.4 is 4.74 Å². The molecule has 0 unspecified atom stereocenters. The van der Waals surface area contributed by atoms with E-state index in [0.29, 0.717) is 0 Å². The third-order valence-electron chi connectivity index (χ3n) is 2.05. The minimum atomic E-state index is -0.811. The summed E-state index contributed by atoms with van der Waals surface area (Å²) in [6.07, 6.45) is 1.45. The van der Waals surface area contributed by atoms with Gasteiger partial charge in [-0.15, -0.1) is 0 Å². The molecule has 0 saturated carbocycles. The van der Waals surface area contributed by atoms with Crippen LogP contribution in [0.3, 0.4) is 0 Å². The van der Waals surface area contributed by atoms with E-state index in [4.69, 9.17) is 4.74 Å². The van der Waals surface area contributed by atoms with Crippen LogP contribution >= 0.6 is 15.9 Å². The van der Waals surface area contributed by atoms with Gasteiger partial charge in [-0.25, -0.2) is 9.37 Å². The Morgan fingerprint density at radius 3 is 2.72 bits per heavy atom. The van der Waals surface area contributed by atoms with Crippen LogP contribution in [0.15, 0.2) is 41.0 Å². The van der Waals surface area contributed by atoms with Crippen LogP contribution in [0.5, 0.6) is 11.6 Å². The van der Waals surface area contributed by atoms with Gasteiger partial charge in [0.25, 0.3) is 0 Å². The van der Waals surface area contributed by atoms with Crippen molar-refractivity contribution in [3.63, 3.8) is 0 Å². The predicted molar refractivity (Wildman–Crippen MR) is 65.1 cm³/mol. The molecule has 5 nitrogen and oxygen atoms in total. The molecule has 7 heteroatoms. The lowest BCUT2D eigenvalue weighted by molar-refractivity contribution is -0.385. The number of rotatable bonds is 3. The van der Waals surface area contributed by atoms with E-state index < -0.39 is 22.2 Å². The lowest BCUT2D eigenvalue weighted by atomic mass is 10.3. The van der Waals surface area contributed by atoms with Crippen molar-refractivity contribution < 1.29 is 14.1 Å². The van der Waals surface area contributed by atoms with Gasteiger partial charge in [0, 0.05) is 22.8 Å². The summed E-state index contributed by atoms with van der Waals surface area (Å²) in [5.41, 5.74) is -0.445. The highest BCUT2D eigenvalue weighted by atomic mass is 79.9. The molecule has 0 saturated heterocycles. The minimum absolute atomic E-state index is 0.0754. The Hall–Kier alpha value is -2.02. The summed E-state index contributed by atoms with van der Waals surface area (Å²) in [6.45, 7) is 0. The van der Waals surface area contributed by atoms with E-state index in [1.165, 1.54) is 18.3 Å². The summed E-state index contributed by atoms with van der Waals surface area (Å²) >= 11 is 3.18. The normalized spacial score (nSPS) is 10.1. The number of aromatic nitrogens is 1. The van der Waals surface area contributed by atoms with Crippen LogP contribution in [-0.4, -0.2) is 9.91 Å². The second-order valence-electron chi connectivity index (χ2n) is 3.26. The summed E-state index contributed by atoms with van der Waals surface area (Å²) in [7, 11) is 0. The molecule has 92 valence electrons. The Labute approximate surface area is 110 Å². The van der Waals surface area contributed by atoms with Gasteiger partial charge in [-0.2, -0.15) is 0 Å². The van der Waals surface area contributed by atoms with Gasteiger partial charge in [-0.05, 0) is 28.1 Å². The highest BCUT2D eigenvalue weighted by Crippen LogP contribution is 2.33. The first-order chi connectivity index (χ1) is 8.58. The molecule has 0 aliphatic heterocycles. The van der Waals surface area contributed by atoms with E-state index in [2.05, 4.69) is 20.9 Å². The third kappa shape index (κ3) is 2.62. The maximum atomic E-state index is 13.5. The number of halogens is 2. The summed E-state index contributed by atoms with van der Waals surface area (Å²) < 4.78 is 19.3. The van der Waals surface area contributed by atoms with Crippen LogP contribution in [0.4, 0.5) is 10.1 Å². The molecule has 18 heavy (non-hydrogen) atoms. The smallest absolute Gasteiger partial charge is 0.314 e. The number of nitro benzene ring substituents is 1. The Morgan fingerprint density at radius 1 is 1.33 bits per heavy atom. The maximum Gasteiger partial charge on any atom is 0.314 e. The summed E-state index contributed by atoms with van der Waals surface area (Å²) in [5.74, 6) is -1.18. The molecule has 1 aromatic heterocycles. The fourth-order valence-corrected chi connectivity index (χ4v) is 1.50. The molecular formula is C11H6BrFN2O3. The van der Waals surface area contributed by atoms with Crippen molar-refractivity contribution in [1.29, 1.82) is 0 Å². The van der Waals surface area contributed by atoms with Crippen LogP contribution in [0.2, 0.25) is 0 Å². The standard InChI is InChI=1S/C11H6BrFN2O3/c12-7-4-5-10(14-6-7)18-11-8(13)2-1-3-9(11)15(16)17/h1-6H. The van der Waals surface area contributed by atoms with Gasteiger partial charge in [0.2, 0.25) is 11.6 Å². The first kappa shape index (κ1) is 12.4. The molecule has 1 aromatic carbocycles. The molecule has 0 radical (unpaired) electrons. The van der Waals surface area contributed by atoms with E-state index in [1.807, 2.05) is 0 Å². The quantitative estimate of drug-likeness (QED) is 0.640. The average molecular weight is 313 g/mol. The van der Waals surface area contributed by atoms with Crippen LogP contribution in [0.25, 0.3) is 0 Å². The Balaban J connectivity index is 2.39. The molecule has 2 aromatic rings. The zero-order valence-corrected chi connectivity index (χ0v) is 10.4. The molecule has 0 N–H and O–H groups in total.